The summed E-state index contributed by atoms with van der Waals surface area (Å²) < 4.78 is 5.76. The van der Waals surface area contributed by atoms with Crippen molar-refractivity contribution in [3.63, 3.8) is 0 Å². The van der Waals surface area contributed by atoms with E-state index in [4.69, 9.17) is 4.74 Å². The number of hydrogen-bond donors (Lipinski definition) is 1. The molecule has 0 amide bonds. The largest absolute Gasteiger partial charge is 0.376 e. The van der Waals surface area contributed by atoms with Gasteiger partial charge in [0.15, 0.2) is 0 Å². The molecule has 3 rings (SSSR count). The highest BCUT2D eigenvalue weighted by atomic mass is 16.5. The highest BCUT2D eigenvalue weighted by Crippen LogP contribution is 2.39. The molecule has 0 aromatic heterocycles. The summed E-state index contributed by atoms with van der Waals surface area (Å²) >= 11 is 0. The summed E-state index contributed by atoms with van der Waals surface area (Å²) in [6.45, 7) is 0.992. The molecule has 2 atom stereocenters. The second-order valence-corrected chi connectivity index (χ2v) is 4.51. The molecular weight excluding hydrogens is 150 g/mol. The Morgan fingerprint density at radius 1 is 1.00 bits per heavy atom. The molecule has 2 aliphatic carbocycles. The fraction of sp³-hybridized carbons (Fsp3) is 1.00. The molecule has 2 unspecified atom stereocenters. The Labute approximate surface area is 73.7 Å². The van der Waals surface area contributed by atoms with Crippen LogP contribution >= 0.6 is 0 Å². The van der Waals surface area contributed by atoms with Gasteiger partial charge < -0.3 is 10.1 Å². The molecule has 0 aromatic rings. The normalized spacial score (nSPS) is 42.0. The minimum Gasteiger partial charge on any atom is -0.376 e. The highest BCUT2D eigenvalue weighted by Gasteiger charge is 2.42. The molecule has 1 aliphatic heterocycles. The van der Waals surface area contributed by atoms with Crippen molar-refractivity contribution in [1.82, 2.24) is 5.32 Å². The summed E-state index contributed by atoms with van der Waals surface area (Å²) in [5, 5.41) is 3.70. The summed E-state index contributed by atoms with van der Waals surface area (Å²) in [6.07, 6.45) is 7.44. The molecule has 0 aromatic carbocycles. The fourth-order valence-corrected chi connectivity index (χ4v) is 2.23. The molecule has 3 aliphatic rings. The van der Waals surface area contributed by atoms with E-state index in [1.807, 2.05) is 0 Å². The predicted molar refractivity (Wildman–Crippen MR) is 47.0 cm³/mol. The second-order valence-electron chi connectivity index (χ2n) is 4.51. The quantitative estimate of drug-likeness (QED) is 0.684. The molecular formula is C10H17NO. The Balaban J connectivity index is 1.58. The van der Waals surface area contributed by atoms with Gasteiger partial charge in [-0.2, -0.15) is 0 Å². The molecule has 2 heteroatoms. The first-order valence-electron chi connectivity index (χ1n) is 5.31. The van der Waals surface area contributed by atoms with Crippen LogP contribution in [0.5, 0.6) is 0 Å². The SMILES string of the molecule is C1CC(NC2CC2)C(C2CC2)O1. The van der Waals surface area contributed by atoms with Gasteiger partial charge in [-0.25, -0.2) is 0 Å². The highest BCUT2D eigenvalue weighted by molar-refractivity contribution is 4.96. The van der Waals surface area contributed by atoms with E-state index in [1.54, 1.807) is 0 Å². The lowest BCUT2D eigenvalue weighted by molar-refractivity contribution is 0.0808. The zero-order chi connectivity index (χ0) is 7.97. The Bertz CT molecular complexity index is 175. The Morgan fingerprint density at radius 2 is 1.83 bits per heavy atom. The van der Waals surface area contributed by atoms with Crippen LogP contribution in [-0.4, -0.2) is 24.8 Å². The average molecular weight is 167 g/mol. The standard InChI is InChI=1S/C10H17NO/c1-2-7(1)10-9(5-6-12-10)11-8-3-4-8/h7-11H,1-6H2. The maximum atomic E-state index is 5.76. The van der Waals surface area contributed by atoms with E-state index in [-0.39, 0.29) is 0 Å². The molecule has 2 saturated carbocycles. The number of hydrogen-bond acceptors (Lipinski definition) is 2. The second kappa shape index (κ2) is 2.71. The summed E-state index contributed by atoms with van der Waals surface area (Å²) in [7, 11) is 0. The molecule has 1 N–H and O–H groups in total. The van der Waals surface area contributed by atoms with Gasteiger partial charge >= 0.3 is 0 Å². The van der Waals surface area contributed by atoms with E-state index in [9.17, 15) is 0 Å². The first-order chi connectivity index (χ1) is 5.93. The summed E-state index contributed by atoms with van der Waals surface area (Å²) in [5.41, 5.74) is 0. The van der Waals surface area contributed by atoms with E-state index >= 15 is 0 Å². The van der Waals surface area contributed by atoms with Crippen LogP contribution in [-0.2, 0) is 4.74 Å². The van der Waals surface area contributed by atoms with Crippen molar-refractivity contribution in [2.45, 2.75) is 50.3 Å². The third kappa shape index (κ3) is 1.38. The number of ether oxygens (including phenoxy) is 1. The molecule has 0 bridgehead atoms. The lowest BCUT2D eigenvalue weighted by Gasteiger charge is -2.18. The summed E-state index contributed by atoms with van der Waals surface area (Å²) in [6, 6.07) is 1.54. The lowest BCUT2D eigenvalue weighted by atomic mass is 10.1. The average Bonchev–Trinajstić information content (AvgIpc) is 2.93. The zero-order valence-corrected chi connectivity index (χ0v) is 7.46. The molecule has 1 heterocycles. The summed E-state index contributed by atoms with van der Waals surface area (Å²) in [4.78, 5) is 0. The van der Waals surface area contributed by atoms with E-state index in [2.05, 4.69) is 5.32 Å². The molecule has 3 fully saturated rings. The molecule has 2 nitrogen and oxygen atoms in total. The van der Waals surface area contributed by atoms with E-state index in [1.165, 1.54) is 32.1 Å². The summed E-state index contributed by atoms with van der Waals surface area (Å²) in [5.74, 6) is 0.906. The minimum absolute atomic E-state index is 0.575. The van der Waals surface area contributed by atoms with Crippen LogP contribution in [0.4, 0.5) is 0 Å². The molecule has 0 spiro atoms. The van der Waals surface area contributed by atoms with Crippen molar-refractivity contribution >= 4 is 0 Å². The predicted octanol–water partition coefficient (Wildman–Crippen LogP) is 1.31. The third-order valence-electron chi connectivity index (χ3n) is 3.25. The van der Waals surface area contributed by atoms with Gasteiger partial charge in [-0.3, -0.25) is 0 Å². The smallest absolute Gasteiger partial charge is 0.0757 e. The van der Waals surface area contributed by atoms with Gasteiger partial charge in [0.25, 0.3) is 0 Å². The van der Waals surface area contributed by atoms with Crippen molar-refractivity contribution in [2.75, 3.05) is 6.61 Å². The van der Waals surface area contributed by atoms with Gasteiger partial charge in [0.1, 0.15) is 0 Å². The minimum atomic E-state index is 0.575. The van der Waals surface area contributed by atoms with Gasteiger partial charge in [-0.05, 0) is 38.0 Å². The maximum absolute atomic E-state index is 5.76. The van der Waals surface area contributed by atoms with E-state index < -0.39 is 0 Å². The van der Waals surface area contributed by atoms with Crippen molar-refractivity contribution in [3.05, 3.63) is 0 Å². The van der Waals surface area contributed by atoms with Gasteiger partial charge in [-0.15, -0.1) is 0 Å². The maximum Gasteiger partial charge on any atom is 0.0757 e. The zero-order valence-electron chi connectivity index (χ0n) is 7.46. The van der Waals surface area contributed by atoms with Crippen molar-refractivity contribution < 1.29 is 4.74 Å². The van der Waals surface area contributed by atoms with Crippen molar-refractivity contribution in [1.29, 1.82) is 0 Å². The Kier molecular flexibility index (Phi) is 1.66. The topological polar surface area (TPSA) is 21.3 Å². The van der Waals surface area contributed by atoms with Crippen LogP contribution in [0.3, 0.4) is 0 Å². The first kappa shape index (κ1) is 7.34. The van der Waals surface area contributed by atoms with Crippen LogP contribution in [0.25, 0.3) is 0 Å². The monoisotopic (exact) mass is 167 g/mol. The van der Waals surface area contributed by atoms with E-state index in [0.29, 0.717) is 12.1 Å². The Morgan fingerprint density at radius 3 is 2.50 bits per heavy atom. The molecule has 12 heavy (non-hydrogen) atoms. The van der Waals surface area contributed by atoms with Gasteiger partial charge in [-0.1, -0.05) is 0 Å². The molecule has 0 radical (unpaired) electrons. The van der Waals surface area contributed by atoms with Gasteiger partial charge in [0.05, 0.1) is 6.10 Å². The van der Waals surface area contributed by atoms with Gasteiger partial charge in [0.2, 0.25) is 0 Å². The third-order valence-corrected chi connectivity index (χ3v) is 3.25. The van der Waals surface area contributed by atoms with Crippen LogP contribution in [0.15, 0.2) is 0 Å². The number of rotatable bonds is 3. The van der Waals surface area contributed by atoms with Crippen LogP contribution < -0.4 is 5.32 Å². The van der Waals surface area contributed by atoms with Crippen LogP contribution in [0, 0.1) is 5.92 Å². The lowest BCUT2D eigenvalue weighted by Crippen LogP contribution is -2.38. The van der Waals surface area contributed by atoms with Crippen molar-refractivity contribution in [3.8, 4) is 0 Å². The fourth-order valence-electron chi connectivity index (χ4n) is 2.23. The van der Waals surface area contributed by atoms with Crippen LogP contribution in [0.1, 0.15) is 32.1 Å². The van der Waals surface area contributed by atoms with Gasteiger partial charge in [0, 0.05) is 18.7 Å². The van der Waals surface area contributed by atoms with Crippen LogP contribution in [0.2, 0.25) is 0 Å². The first-order valence-corrected chi connectivity index (χ1v) is 5.31. The Hall–Kier alpha value is -0.0800. The van der Waals surface area contributed by atoms with Crippen molar-refractivity contribution in [2.24, 2.45) is 5.92 Å². The molecule has 68 valence electrons. The molecule has 1 saturated heterocycles. The number of nitrogens with one attached hydrogen (secondary N) is 1. The van der Waals surface area contributed by atoms with E-state index in [0.717, 1.165) is 18.6 Å².